The second-order valence-corrected chi connectivity index (χ2v) is 7.00. The van der Waals surface area contributed by atoms with Crippen molar-refractivity contribution >= 4 is 0 Å². The molecule has 0 spiro atoms. The first-order valence-electron chi connectivity index (χ1n) is 8.06. The van der Waals surface area contributed by atoms with Gasteiger partial charge < -0.3 is 5.32 Å². The predicted octanol–water partition coefficient (Wildman–Crippen LogP) is 1.30. The summed E-state index contributed by atoms with van der Waals surface area (Å²) < 4.78 is 0. The topological polar surface area (TPSA) is 18.5 Å². The average Bonchev–Trinajstić information content (AvgIpc) is 2.98. The second-order valence-electron chi connectivity index (χ2n) is 7.00. The van der Waals surface area contributed by atoms with Gasteiger partial charge >= 0.3 is 0 Å². The minimum absolute atomic E-state index is 0.741. The molecule has 4 rings (SSSR count). The molecule has 4 atom stereocenters. The minimum Gasteiger partial charge on any atom is -0.311 e. The Labute approximate surface area is 111 Å². The average molecular weight is 249 g/mol. The molecule has 0 aromatic carbocycles. The molecule has 1 aliphatic carbocycles. The van der Waals surface area contributed by atoms with E-state index in [-0.39, 0.29) is 0 Å². The first-order valence-corrected chi connectivity index (χ1v) is 8.06. The molecule has 3 heterocycles. The molecule has 1 saturated carbocycles. The lowest BCUT2D eigenvalue weighted by molar-refractivity contribution is 0.0697. The molecule has 3 nitrogen and oxygen atoms in total. The van der Waals surface area contributed by atoms with Crippen molar-refractivity contribution in [2.24, 2.45) is 5.92 Å². The normalized spacial score (nSPS) is 46.5. The lowest BCUT2D eigenvalue weighted by Crippen LogP contribution is -2.60. The first kappa shape index (κ1) is 11.7. The standard InChI is InChI=1S/C15H27N3/c1-11-9-16-13(12-4-5-12)10-18(11)15-6-8-17-7-2-3-14(15)17/h11-16H,2-10H2,1H3. The van der Waals surface area contributed by atoms with Crippen molar-refractivity contribution in [3.8, 4) is 0 Å². The van der Waals surface area contributed by atoms with Crippen molar-refractivity contribution in [3.63, 3.8) is 0 Å². The van der Waals surface area contributed by atoms with Crippen molar-refractivity contribution in [1.29, 1.82) is 0 Å². The van der Waals surface area contributed by atoms with Crippen molar-refractivity contribution < 1.29 is 0 Å². The molecule has 18 heavy (non-hydrogen) atoms. The van der Waals surface area contributed by atoms with E-state index in [0.717, 1.165) is 30.1 Å². The van der Waals surface area contributed by atoms with Crippen LogP contribution in [0.2, 0.25) is 0 Å². The predicted molar refractivity (Wildman–Crippen MR) is 73.7 cm³/mol. The van der Waals surface area contributed by atoms with Crippen LogP contribution < -0.4 is 5.32 Å². The van der Waals surface area contributed by atoms with Gasteiger partial charge in [0.15, 0.2) is 0 Å². The van der Waals surface area contributed by atoms with Crippen molar-refractivity contribution in [3.05, 3.63) is 0 Å². The quantitative estimate of drug-likeness (QED) is 0.796. The van der Waals surface area contributed by atoms with Crippen LogP contribution in [0.5, 0.6) is 0 Å². The summed E-state index contributed by atoms with van der Waals surface area (Å²) in [5.74, 6) is 1.00. The summed E-state index contributed by atoms with van der Waals surface area (Å²) in [6.45, 7) is 7.69. The Morgan fingerprint density at radius 3 is 2.72 bits per heavy atom. The lowest BCUT2D eigenvalue weighted by Gasteiger charge is -2.44. The van der Waals surface area contributed by atoms with Crippen molar-refractivity contribution in [2.75, 3.05) is 26.2 Å². The Balaban J connectivity index is 1.47. The van der Waals surface area contributed by atoms with Crippen molar-refractivity contribution in [2.45, 2.75) is 63.2 Å². The zero-order chi connectivity index (χ0) is 12.1. The molecule has 1 N–H and O–H groups in total. The van der Waals surface area contributed by atoms with E-state index in [1.54, 1.807) is 0 Å². The monoisotopic (exact) mass is 249 g/mol. The van der Waals surface area contributed by atoms with E-state index in [9.17, 15) is 0 Å². The van der Waals surface area contributed by atoms with Crippen LogP contribution in [0.3, 0.4) is 0 Å². The summed E-state index contributed by atoms with van der Waals surface area (Å²) in [7, 11) is 0. The van der Waals surface area contributed by atoms with Crippen LogP contribution in [0.15, 0.2) is 0 Å². The molecule has 3 heteroatoms. The number of piperazine rings is 1. The smallest absolute Gasteiger partial charge is 0.0267 e. The first-order chi connectivity index (χ1) is 8.83. The van der Waals surface area contributed by atoms with Crippen LogP contribution in [-0.4, -0.2) is 60.1 Å². The Kier molecular flexibility index (Phi) is 2.90. The highest BCUT2D eigenvalue weighted by Gasteiger charge is 2.44. The van der Waals surface area contributed by atoms with E-state index in [2.05, 4.69) is 22.0 Å². The summed E-state index contributed by atoms with van der Waals surface area (Å²) in [4.78, 5) is 5.63. The maximum Gasteiger partial charge on any atom is 0.0267 e. The molecule has 0 aromatic heterocycles. The van der Waals surface area contributed by atoms with Crippen LogP contribution in [0.1, 0.15) is 39.0 Å². The van der Waals surface area contributed by atoms with Crippen LogP contribution in [0, 0.1) is 5.92 Å². The number of nitrogens with zero attached hydrogens (tertiary/aromatic N) is 2. The van der Waals surface area contributed by atoms with Crippen LogP contribution in [0.4, 0.5) is 0 Å². The van der Waals surface area contributed by atoms with Gasteiger partial charge in [-0.2, -0.15) is 0 Å². The van der Waals surface area contributed by atoms with Crippen molar-refractivity contribution in [1.82, 2.24) is 15.1 Å². The van der Waals surface area contributed by atoms with Gasteiger partial charge in [0, 0.05) is 43.8 Å². The van der Waals surface area contributed by atoms with E-state index in [4.69, 9.17) is 0 Å². The Morgan fingerprint density at radius 2 is 1.89 bits per heavy atom. The summed E-state index contributed by atoms with van der Waals surface area (Å²) in [6.07, 6.45) is 7.26. The fourth-order valence-electron chi connectivity index (χ4n) is 4.63. The molecule has 4 unspecified atom stereocenters. The van der Waals surface area contributed by atoms with E-state index < -0.39 is 0 Å². The number of nitrogens with one attached hydrogen (secondary N) is 1. The molecule has 4 fully saturated rings. The van der Waals surface area contributed by atoms with Gasteiger partial charge in [0.05, 0.1) is 0 Å². The number of hydrogen-bond donors (Lipinski definition) is 1. The fraction of sp³-hybridized carbons (Fsp3) is 1.00. The lowest BCUT2D eigenvalue weighted by atomic mass is 9.98. The highest BCUT2D eigenvalue weighted by molar-refractivity contribution is 5.02. The van der Waals surface area contributed by atoms with Crippen LogP contribution in [0.25, 0.3) is 0 Å². The maximum absolute atomic E-state index is 3.79. The SMILES string of the molecule is CC1CNC(C2CC2)CN1C1CCN2CCCC12. The third-order valence-corrected chi connectivity index (χ3v) is 5.84. The molecule has 0 radical (unpaired) electrons. The summed E-state index contributed by atoms with van der Waals surface area (Å²) in [5, 5.41) is 3.79. The highest BCUT2D eigenvalue weighted by atomic mass is 15.3. The van der Waals surface area contributed by atoms with E-state index in [1.165, 1.54) is 58.3 Å². The summed E-state index contributed by atoms with van der Waals surface area (Å²) in [6, 6.07) is 3.30. The Hall–Kier alpha value is -0.120. The molecule has 3 saturated heterocycles. The molecule has 3 aliphatic heterocycles. The van der Waals surface area contributed by atoms with Gasteiger partial charge in [-0.1, -0.05) is 0 Å². The molecular formula is C15H27N3. The third-order valence-electron chi connectivity index (χ3n) is 5.84. The van der Waals surface area contributed by atoms with E-state index in [1.807, 2.05) is 0 Å². The molecule has 0 amide bonds. The molecular weight excluding hydrogens is 222 g/mol. The zero-order valence-corrected chi connectivity index (χ0v) is 11.6. The minimum atomic E-state index is 0.741. The van der Waals surface area contributed by atoms with Gasteiger partial charge in [0.2, 0.25) is 0 Å². The number of rotatable bonds is 2. The van der Waals surface area contributed by atoms with E-state index in [0.29, 0.717) is 0 Å². The highest BCUT2D eigenvalue weighted by Crippen LogP contribution is 2.37. The third kappa shape index (κ3) is 1.91. The van der Waals surface area contributed by atoms with Crippen LogP contribution in [-0.2, 0) is 0 Å². The van der Waals surface area contributed by atoms with Gasteiger partial charge in [-0.3, -0.25) is 9.80 Å². The Bertz CT molecular complexity index is 315. The van der Waals surface area contributed by atoms with Gasteiger partial charge in [0.1, 0.15) is 0 Å². The number of hydrogen-bond acceptors (Lipinski definition) is 3. The van der Waals surface area contributed by atoms with E-state index >= 15 is 0 Å². The van der Waals surface area contributed by atoms with Gasteiger partial charge in [0.25, 0.3) is 0 Å². The number of fused-ring (bicyclic) bond motifs is 1. The van der Waals surface area contributed by atoms with Gasteiger partial charge in [-0.25, -0.2) is 0 Å². The zero-order valence-electron chi connectivity index (χ0n) is 11.6. The molecule has 102 valence electrons. The van der Waals surface area contributed by atoms with Gasteiger partial charge in [-0.05, 0) is 51.5 Å². The molecule has 4 aliphatic rings. The van der Waals surface area contributed by atoms with Gasteiger partial charge in [-0.15, -0.1) is 0 Å². The van der Waals surface area contributed by atoms with Crippen LogP contribution >= 0.6 is 0 Å². The summed E-state index contributed by atoms with van der Waals surface area (Å²) >= 11 is 0. The largest absolute Gasteiger partial charge is 0.311 e. The Morgan fingerprint density at radius 1 is 1.00 bits per heavy atom. The second kappa shape index (κ2) is 4.46. The maximum atomic E-state index is 3.79. The molecule has 0 aromatic rings. The molecule has 0 bridgehead atoms. The fourth-order valence-corrected chi connectivity index (χ4v) is 4.63. The summed E-state index contributed by atoms with van der Waals surface area (Å²) in [5.41, 5.74) is 0.